The van der Waals surface area contributed by atoms with Gasteiger partial charge in [0.1, 0.15) is 5.75 Å². The van der Waals surface area contributed by atoms with E-state index in [1.165, 1.54) is 0 Å². The summed E-state index contributed by atoms with van der Waals surface area (Å²) in [5, 5.41) is 18.7. The van der Waals surface area contributed by atoms with Crippen LogP contribution in [-0.4, -0.2) is 30.4 Å². The van der Waals surface area contributed by atoms with Gasteiger partial charge < -0.3 is 15.1 Å². The van der Waals surface area contributed by atoms with Crippen molar-refractivity contribution in [2.24, 2.45) is 0 Å². The number of phenols is 1. The van der Waals surface area contributed by atoms with Crippen LogP contribution in [0, 0.1) is 0 Å². The van der Waals surface area contributed by atoms with E-state index in [1.807, 2.05) is 19.2 Å². The van der Waals surface area contributed by atoms with Crippen LogP contribution < -0.4 is 4.90 Å². The van der Waals surface area contributed by atoms with Gasteiger partial charge in [0.15, 0.2) is 0 Å². The number of aromatic hydroxyl groups is 1. The van der Waals surface area contributed by atoms with Crippen molar-refractivity contribution in [3.8, 4) is 5.75 Å². The van der Waals surface area contributed by atoms with Crippen molar-refractivity contribution in [3.63, 3.8) is 0 Å². The van der Waals surface area contributed by atoms with Gasteiger partial charge in [-0.05, 0) is 18.6 Å². The summed E-state index contributed by atoms with van der Waals surface area (Å²) in [6, 6.07) is 5.57. The Morgan fingerprint density at radius 1 is 1.50 bits per heavy atom. The molecule has 0 saturated carbocycles. The van der Waals surface area contributed by atoms with Gasteiger partial charge in [-0.1, -0.05) is 6.07 Å². The summed E-state index contributed by atoms with van der Waals surface area (Å²) < 4.78 is 0. The highest BCUT2D eigenvalue weighted by molar-refractivity contribution is 5.64. The van der Waals surface area contributed by atoms with E-state index in [2.05, 4.69) is 4.90 Å². The highest BCUT2D eigenvalue weighted by Gasteiger charge is 2.28. The van der Waals surface area contributed by atoms with E-state index < -0.39 is 0 Å². The first kappa shape index (κ1) is 9.34. The molecular weight excluding hydrogens is 178 g/mol. The second-order valence-corrected chi connectivity index (χ2v) is 3.80. The predicted octanol–water partition coefficient (Wildman–Crippen LogP) is 1.31. The average Bonchev–Trinajstić information content (AvgIpc) is 2.46. The van der Waals surface area contributed by atoms with Gasteiger partial charge in [0, 0.05) is 37.4 Å². The second kappa shape index (κ2) is 3.50. The first-order chi connectivity index (χ1) is 6.74. The molecule has 2 rings (SSSR count). The minimum absolute atomic E-state index is 0.173. The Bertz CT molecular complexity index is 338. The third-order valence-electron chi connectivity index (χ3n) is 2.85. The van der Waals surface area contributed by atoms with Crippen LogP contribution in [0.4, 0.5) is 5.69 Å². The second-order valence-electron chi connectivity index (χ2n) is 3.80. The highest BCUT2D eigenvalue weighted by atomic mass is 16.3. The van der Waals surface area contributed by atoms with Crippen LogP contribution in [0.25, 0.3) is 0 Å². The first-order valence-electron chi connectivity index (χ1n) is 4.88. The molecule has 1 heterocycles. The molecule has 1 unspecified atom stereocenters. The van der Waals surface area contributed by atoms with Gasteiger partial charge in [-0.25, -0.2) is 0 Å². The molecule has 1 aliphatic rings. The zero-order valence-corrected chi connectivity index (χ0v) is 8.27. The molecule has 0 bridgehead atoms. The lowest BCUT2D eigenvalue weighted by Gasteiger charge is -2.11. The molecule has 2 N–H and O–H groups in total. The molecule has 3 nitrogen and oxygen atoms in total. The molecule has 1 aliphatic heterocycles. The van der Waals surface area contributed by atoms with Crippen LogP contribution in [0.5, 0.6) is 5.75 Å². The van der Waals surface area contributed by atoms with Crippen LogP contribution in [0.2, 0.25) is 0 Å². The molecule has 0 aliphatic carbocycles. The third kappa shape index (κ3) is 1.34. The van der Waals surface area contributed by atoms with Crippen LogP contribution in [0.15, 0.2) is 18.2 Å². The number of rotatable bonds is 2. The van der Waals surface area contributed by atoms with Crippen molar-refractivity contribution in [3.05, 3.63) is 23.8 Å². The summed E-state index contributed by atoms with van der Waals surface area (Å²) in [7, 11) is 2.01. The van der Waals surface area contributed by atoms with Gasteiger partial charge in [0.05, 0.1) is 0 Å². The molecule has 76 valence electrons. The van der Waals surface area contributed by atoms with Crippen molar-refractivity contribution in [1.29, 1.82) is 0 Å². The van der Waals surface area contributed by atoms with E-state index in [1.54, 1.807) is 6.07 Å². The predicted molar refractivity (Wildman–Crippen MR) is 55.8 cm³/mol. The van der Waals surface area contributed by atoms with Gasteiger partial charge in [0.2, 0.25) is 0 Å². The summed E-state index contributed by atoms with van der Waals surface area (Å²) in [6.07, 6.45) is 0.717. The molecule has 1 aromatic carbocycles. The summed E-state index contributed by atoms with van der Waals surface area (Å²) >= 11 is 0. The Hall–Kier alpha value is -1.22. The van der Waals surface area contributed by atoms with E-state index in [4.69, 9.17) is 5.11 Å². The molecule has 1 atom stereocenters. The molecule has 3 heteroatoms. The van der Waals surface area contributed by atoms with Crippen molar-refractivity contribution in [1.82, 2.24) is 0 Å². The molecular formula is C11H15NO2. The normalized spacial score (nSPS) is 19.9. The highest BCUT2D eigenvalue weighted by Crippen LogP contribution is 2.42. The molecule has 0 aromatic heterocycles. The fourth-order valence-corrected chi connectivity index (χ4v) is 2.20. The average molecular weight is 193 g/mol. The maximum absolute atomic E-state index is 9.74. The van der Waals surface area contributed by atoms with Gasteiger partial charge in [-0.2, -0.15) is 0 Å². The van der Waals surface area contributed by atoms with Crippen LogP contribution in [-0.2, 0) is 0 Å². The number of hydrogen-bond acceptors (Lipinski definition) is 3. The third-order valence-corrected chi connectivity index (χ3v) is 2.85. The van der Waals surface area contributed by atoms with Gasteiger partial charge in [-0.15, -0.1) is 0 Å². The fourth-order valence-electron chi connectivity index (χ4n) is 2.20. The Morgan fingerprint density at radius 3 is 3.00 bits per heavy atom. The van der Waals surface area contributed by atoms with Crippen molar-refractivity contribution in [2.75, 3.05) is 25.1 Å². The lowest BCUT2D eigenvalue weighted by Crippen LogP contribution is -2.15. The lowest BCUT2D eigenvalue weighted by molar-refractivity contribution is 0.277. The van der Waals surface area contributed by atoms with Crippen molar-refractivity contribution < 1.29 is 10.2 Å². The number of fused-ring (bicyclic) bond motifs is 1. The largest absolute Gasteiger partial charge is 0.508 e. The van der Waals surface area contributed by atoms with Crippen molar-refractivity contribution >= 4 is 5.69 Å². The summed E-state index contributed by atoms with van der Waals surface area (Å²) in [5.41, 5.74) is 2.08. The number of benzene rings is 1. The Balaban J connectivity index is 2.40. The zero-order chi connectivity index (χ0) is 10.1. The fraction of sp³-hybridized carbons (Fsp3) is 0.455. The van der Waals surface area contributed by atoms with E-state index in [0.29, 0.717) is 5.75 Å². The number of nitrogens with zero attached hydrogens (tertiary/aromatic N) is 1. The molecule has 0 radical (unpaired) electrons. The van der Waals surface area contributed by atoms with E-state index >= 15 is 0 Å². The minimum Gasteiger partial charge on any atom is -0.508 e. The lowest BCUT2D eigenvalue weighted by atomic mass is 9.97. The van der Waals surface area contributed by atoms with Crippen molar-refractivity contribution in [2.45, 2.75) is 12.3 Å². The first-order valence-corrected chi connectivity index (χ1v) is 4.88. The van der Waals surface area contributed by atoms with E-state index in [9.17, 15) is 5.11 Å². The summed E-state index contributed by atoms with van der Waals surface area (Å²) in [5.74, 6) is 0.617. The minimum atomic E-state index is 0.173. The topological polar surface area (TPSA) is 43.7 Å². The number of phenolic OH excluding ortho intramolecular Hbond substituents is 1. The van der Waals surface area contributed by atoms with Gasteiger partial charge in [-0.3, -0.25) is 0 Å². The number of aliphatic hydroxyl groups excluding tert-OH is 1. The molecule has 0 saturated heterocycles. The number of likely N-dealkylation sites (N-methyl/N-ethyl adjacent to an activating group) is 1. The SMILES string of the molecule is CN1CC(CCO)c2c(O)cccc21. The standard InChI is InChI=1S/C11H15NO2/c1-12-7-8(5-6-13)11-9(12)3-2-4-10(11)14/h2-4,8,13-14H,5-7H2,1H3. The molecule has 0 amide bonds. The number of hydrogen-bond donors (Lipinski definition) is 2. The Morgan fingerprint density at radius 2 is 2.29 bits per heavy atom. The molecule has 0 spiro atoms. The number of aliphatic hydroxyl groups is 1. The smallest absolute Gasteiger partial charge is 0.121 e. The van der Waals surface area contributed by atoms with Crippen LogP contribution >= 0.6 is 0 Å². The molecule has 0 fully saturated rings. The Labute approximate surface area is 83.6 Å². The monoisotopic (exact) mass is 193 g/mol. The van der Waals surface area contributed by atoms with Gasteiger partial charge >= 0.3 is 0 Å². The molecule has 1 aromatic rings. The van der Waals surface area contributed by atoms with E-state index in [-0.39, 0.29) is 12.5 Å². The molecule has 14 heavy (non-hydrogen) atoms. The maximum atomic E-state index is 9.74. The van der Waals surface area contributed by atoms with E-state index in [0.717, 1.165) is 24.2 Å². The Kier molecular flexibility index (Phi) is 2.33. The maximum Gasteiger partial charge on any atom is 0.121 e. The summed E-state index contributed by atoms with van der Waals surface area (Å²) in [6.45, 7) is 1.06. The summed E-state index contributed by atoms with van der Waals surface area (Å²) in [4.78, 5) is 2.12. The van der Waals surface area contributed by atoms with Crippen LogP contribution in [0.1, 0.15) is 17.9 Å². The zero-order valence-electron chi connectivity index (χ0n) is 8.27. The van der Waals surface area contributed by atoms with Gasteiger partial charge in [0.25, 0.3) is 0 Å². The quantitative estimate of drug-likeness (QED) is 0.744. The van der Waals surface area contributed by atoms with Crippen LogP contribution in [0.3, 0.4) is 0 Å². The number of anilines is 1.